The predicted molar refractivity (Wildman–Crippen MR) is 78.4 cm³/mol. The van der Waals surface area contributed by atoms with Crippen molar-refractivity contribution in [2.45, 2.75) is 25.5 Å². The number of hydrogen-bond donors (Lipinski definition) is 0. The van der Waals surface area contributed by atoms with E-state index in [1.54, 1.807) is 6.20 Å². The minimum absolute atomic E-state index is 0.0589. The molecule has 1 fully saturated rings. The predicted octanol–water partition coefficient (Wildman–Crippen LogP) is 1.28. The lowest BCUT2D eigenvalue weighted by molar-refractivity contribution is -0.0151. The molecule has 1 aromatic heterocycles. The zero-order chi connectivity index (χ0) is 14.6. The molecule has 2 rings (SSSR count). The van der Waals surface area contributed by atoms with Gasteiger partial charge in [-0.05, 0) is 19.1 Å². The lowest BCUT2D eigenvalue weighted by Gasteiger charge is -2.36. The molecule has 2 heterocycles. The average Bonchev–Trinajstić information content (AvgIpc) is 2.47. The van der Waals surface area contributed by atoms with E-state index < -0.39 is 10.0 Å². The van der Waals surface area contributed by atoms with Gasteiger partial charge in [-0.3, -0.25) is 4.98 Å². The average molecular weight is 319 g/mol. The Hall–Kier alpha value is -0.690. The molecule has 1 aromatic rings. The second-order valence-corrected chi connectivity index (χ2v) is 7.27. The van der Waals surface area contributed by atoms with Crippen LogP contribution in [0.3, 0.4) is 0 Å². The number of alkyl halides is 1. The van der Waals surface area contributed by atoms with Gasteiger partial charge in [-0.2, -0.15) is 4.31 Å². The number of nitrogens with zero attached hydrogens (tertiary/aromatic N) is 2. The van der Waals surface area contributed by atoms with Gasteiger partial charge in [0, 0.05) is 36.8 Å². The van der Waals surface area contributed by atoms with Gasteiger partial charge in [0.1, 0.15) is 0 Å². The Morgan fingerprint density at radius 3 is 2.95 bits per heavy atom. The van der Waals surface area contributed by atoms with Crippen molar-refractivity contribution in [3.05, 3.63) is 30.1 Å². The highest BCUT2D eigenvalue weighted by Crippen LogP contribution is 2.18. The number of aromatic nitrogens is 1. The van der Waals surface area contributed by atoms with E-state index in [0.717, 1.165) is 5.69 Å². The van der Waals surface area contributed by atoms with E-state index in [1.165, 1.54) is 4.31 Å². The number of sulfonamides is 1. The van der Waals surface area contributed by atoms with Gasteiger partial charge >= 0.3 is 0 Å². The van der Waals surface area contributed by atoms with Crippen molar-refractivity contribution in [1.82, 2.24) is 9.29 Å². The van der Waals surface area contributed by atoms with Crippen molar-refractivity contribution in [2.75, 3.05) is 24.8 Å². The maximum absolute atomic E-state index is 12.4. The minimum atomic E-state index is -3.32. The maximum atomic E-state index is 12.4. The maximum Gasteiger partial charge on any atom is 0.214 e. The third-order valence-corrected chi connectivity index (χ3v) is 5.61. The Labute approximate surface area is 125 Å². The van der Waals surface area contributed by atoms with Gasteiger partial charge in [0.15, 0.2) is 0 Å². The van der Waals surface area contributed by atoms with E-state index in [0.29, 0.717) is 25.5 Å². The van der Waals surface area contributed by atoms with Crippen molar-refractivity contribution < 1.29 is 13.2 Å². The van der Waals surface area contributed by atoms with Crippen molar-refractivity contribution in [1.29, 1.82) is 0 Å². The van der Waals surface area contributed by atoms with Crippen LogP contribution in [0, 0.1) is 0 Å². The lowest BCUT2D eigenvalue weighted by Crippen LogP contribution is -2.52. The van der Waals surface area contributed by atoms with Crippen LogP contribution in [-0.4, -0.2) is 54.6 Å². The molecule has 2 atom stereocenters. The van der Waals surface area contributed by atoms with E-state index in [9.17, 15) is 8.42 Å². The molecule has 1 saturated heterocycles. The normalized spacial score (nSPS) is 24.7. The van der Waals surface area contributed by atoms with Crippen molar-refractivity contribution >= 4 is 21.6 Å². The molecule has 0 aliphatic carbocycles. The van der Waals surface area contributed by atoms with Crippen molar-refractivity contribution in [3.8, 4) is 0 Å². The summed E-state index contributed by atoms with van der Waals surface area (Å²) in [7, 11) is -3.32. The highest BCUT2D eigenvalue weighted by atomic mass is 35.5. The smallest absolute Gasteiger partial charge is 0.214 e. The van der Waals surface area contributed by atoms with Crippen LogP contribution >= 0.6 is 11.6 Å². The summed E-state index contributed by atoms with van der Waals surface area (Å²) in [5.41, 5.74) is 0.783. The van der Waals surface area contributed by atoms with E-state index in [1.807, 2.05) is 25.1 Å². The summed E-state index contributed by atoms with van der Waals surface area (Å²) in [4.78, 5) is 4.15. The molecule has 0 bridgehead atoms. The van der Waals surface area contributed by atoms with Crippen LogP contribution in [0.15, 0.2) is 24.4 Å². The van der Waals surface area contributed by atoms with Crippen LogP contribution in [0.4, 0.5) is 0 Å². The van der Waals surface area contributed by atoms with Gasteiger partial charge in [0.05, 0.1) is 18.5 Å². The lowest BCUT2D eigenvalue weighted by atomic mass is 10.2. The number of morpholine rings is 1. The molecule has 112 valence electrons. The summed E-state index contributed by atoms with van der Waals surface area (Å²) in [5, 5.41) is 0. The van der Waals surface area contributed by atoms with Gasteiger partial charge in [-0.15, -0.1) is 11.6 Å². The monoisotopic (exact) mass is 318 g/mol. The van der Waals surface area contributed by atoms with Gasteiger partial charge in [-0.1, -0.05) is 6.07 Å². The van der Waals surface area contributed by atoms with Crippen molar-refractivity contribution in [2.24, 2.45) is 0 Å². The molecule has 2 unspecified atom stereocenters. The van der Waals surface area contributed by atoms with Gasteiger partial charge in [0.2, 0.25) is 10.0 Å². The number of halogens is 1. The summed E-state index contributed by atoms with van der Waals surface area (Å²) >= 11 is 5.76. The standard InChI is InChI=1S/C13H19ClN2O3S/c1-11-10-19-13(8-14)9-16(11)20(17,18)7-5-12-4-2-3-6-15-12/h2-4,6,11,13H,5,7-10H2,1H3. The first kappa shape index (κ1) is 15.7. The molecule has 0 amide bonds. The van der Waals surface area contributed by atoms with Crippen LogP contribution in [0.2, 0.25) is 0 Å². The second kappa shape index (κ2) is 6.85. The molecule has 7 heteroatoms. The largest absolute Gasteiger partial charge is 0.374 e. The molecule has 0 saturated carbocycles. The zero-order valence-electron chi connectivity index (χ0n) is 11.4. The summed E-state index contributed by atoms with van der Waals surface area (Å²) in [6.07, 6.45) is 1.86. The van der Waals surface area contributed by atoms with Crippen molar-refractivity contribution in [3.63, 3.8) is 0 Å². The first-order valence-corrected chi connectivity index (χ1v) is 8.74. The summed E-state index contributed by atoms with van der Waals surface area (Å²) in [5.74, 6) is 0.363. The topological polar surface area (TPSA) is 59.5 Å². The summed E-state index contributed by atoms with van der Waals surface area (Å²) in [6.45, 7) is 2.57. The number of aryl methyl sites for hydroxylation is 1. The van der Waals surface area contributed by atoms with Gasteiger partial charge in [-0.25, -0.2) is 8.42 Å². The molecule has 1 aliphatic rings. The molecule has 5 nitrogen and oxygen atoms in total. The SMILES string of the molecule is CC1COC(CCl)CN1S(=O)(=O)CCc1ccccn1. The number of rotatable bonds is 5. The van der Waals surface area contributed by atoms with Gasteiger partial charge in [0.25, 0.3) is 0 Å². The second-order valence-electron chi connectivity index (χ2n) is 4.92. The zero-order valence-corrected chi connectivity index (χ0v) is 13.0. The summed E-state index contributed by atoms with van der Waals surface area (Å²) < 4.78 is 31.8. The van der Waals surface area contributed by atoms with Crippen LogP contribution in [0.25, 0.3) is 0 Å². The fourth-order valence-corrected chi connectivity index (χ4v) is 4.06. The molecule has 0 N–H and O–H groups in total. The number of hydrogen-bond acceptors (Lipinski definition) is 4. The van der Waals surface area contributed by atoms with Crippen LogP contribution in [0.1, 0.15) is 12.6 Å². The Bertz CT molecular complexity index is 524. The third-order valence-electron chi connectivity index (χ3n) is 3.32. The Kier molecular flexibility index (Phi) is 5.37. The van der Waals surface area contributed by atoms with E-state index in [-0.39, 0.29) is 17.9 Å². The van der Waals surface area contributed by atoms with Crippen LogP contribution < -0.4 is 0 Å². The van der Waals surface area contributed by atoms with E-state index in [2.05, 4.69) is 4.98 Å². The highest BCUT2D eigenvalue weighted by Gasteiger charge is 2.33. The Morgan fingerprint density at radius 1 is 1.50 bits per heavy atom. The minimum Gasteiger partial charge on any atom is -0.374 e. The first-order valence-electron chi connectivity index (χ1n) is 6.60. The fourth-order valence-electron chi connectivity index (χ4n) is 2.17. The number of pyridine rings is 1. The van der Waals surface area contributed by atoms with Gasteiger partial charge < -0.3 is 4.74 Å². The molecule has 0 aromatic carbocycles. The van der Waals surface area contributed by atoms with E-state index >= 15 is 0 Å². The van der Waals surface area contributed by atoms with Crippen LogP contribution in [-0.2, 0) is 21.2 Å². The quantitative estimate of drug-likeness (QED) is 0.767. The first-order chi connectivity index (χ1) is 9.53. The highest BCUT2D eigenvalue weighted by molar-refractivity contribution is 7.89. The molecular formula is C13H19ClN2O3S. The Balaban J connectivity index is 2.01. The number of ether oxygens (including phenoxy) is 1. The molecule has 20 heavy (non-hydrogen) atoms. The van der Waals surface area contributed by atoms with E-state index in [4.69, 9.17) is 16.3 Å². The third kappa shape index (κ3) is 3.91. The molecule has 0 spiro atoms. The van der Waals surface area contributed by atoms with Crippen LogP contribution in [0.5, 0.6) is 0 Å². The molecule has 1 aliphatic heterocycles. The fraction of sp³-hybridized carbons (Fsp3) is 0.615. The molecule has 0 radical (unpaired) electrons. The Morgan fingerprint density at radius 2 is 2.30 bits per heavy atom. The summed E-state index contributed by atoms with van der Waals surface area (Å²) in [6, 6.07) is 5.35. The molecular weight excluding hydrogens is 300 g/mol.